The number of hydrogen-bond acceptors (Lipinski definition) is 3. The monoisotopic (exact) mass is 334 g/mol. The smallest absolute Gasteiger partial charge is 0.229 e. The summed E-state index contributed by atoms with van der Waals surface area (Å²) in [7, 11) is 0. The highest BCUT2D eigenvalue weighted by molar-refractivity contribution is 5.99. The van der Waals surface area contributed by atoms with E-state index >= 15 is 0 Å². The number of anilines is 1. The fourth-order valence-corrected chi connectivity index (χ4v) is 7.51. The SMILES string of the molecule is O=C1C[C@H]2OCC=C3CN4CC[C@]56c7ccccc7N1[C@H]5[C@H]2[C@H]3C[C@H]46. The van der Waals surface area contributed by atoms with Gasteiger partial charge in [-0.05, 0) is 36.9 Å². The minimum absolute atomic E-state index is 0.104. The van der Waals surface area contributed by atoms with Crippen LogP contribution in [0.25, 0.3) is 0 Å². The van der Waals surface area contributed by atoms with Crippen LogP contribution in [-0.4, -0.2) is 48.7 Å². The summed E-state index contributed by atoms with van der Waals surface area (Å²) in [6, 6.07) is 9.64. The van der Waals surface area contributed by atoms with E-state index in [-0.39, 0.29) is 17.4 Å². The van der Waals surface area contributed by atoms with Gasteiger partial charge in [-0.3, -0.25) is 9.69 Å². The number of ether oxygens (including phenoxy) is 1. The Bertz CT molecular complexity index is 848. The molecule has 0 unspecified atom stereocenters. The molecule has 7 rings (SSSR count). The Morgan fingerprint density at radius 3 is 3.12 bits per heavy atom. The molecule has 25 heavy (non-hydrogen) atoms. The molecular formula is C21H22N2O2. The predicted molar refractivity (Wildman–Crippen MR) is 93.4 cm³/mol. The number of amides is 1. The second kappa shape index (κ2) is 4.18. The van der Waals surface area contributed by atoms with Crippen molar-refractivity contribution in [2.75, 3.05) is 24.6 Å². The molecule has 1 spiro atoms. The number of benzene rings is 1. The fourth-order valence-electron chi connectivity index (χ4n) is 7.51. The molecular weight excluding hydrogens is 312 g/mol. The summed E-state index contributed by atoms with van der Waals surface area (Å²) in [5.41, 5.74) is 4.35. The number of fused-ring (bicyclic) bond motifs is 2. The summed E-state index contributed by atoms with van der Waals surface area (Å²) in [5, 5.41) is 0. The minimum atomic E-state index is 0.104. The van der Waals surface area contributed by atoms with Gasteiger partial charge in [-0.2, -0.15) is 0 Å². The molecule has 6 aliphatic rings. The Morgan fingerprint density at radius 1 is 1.24 bits per heavy atom. The lowest BCUT2D eigenvalue weighted by Crippen LogP contribution is -2.69. The molecule has 6 atom stereocenters. The first-order valence-corrected chi connectivity index (χ1v) is 9.75. The molecule has 0 aromatic heterocycles. The molecule has 1 aromatic rings. The van der Waals surface area contributed by atoms with E-state index in [0.29, 0.717) is 36.9 Å². The first-order valence-electron chi connectivity index (χ1n) is 9.75. The number of nitrogens with zero attached hydrogens (tertiary/aromatic N) is 2. The van der Waals surface area contributed by atoms with Crippen LogP contribution in [0.15, 0.2) is 35.9 Å². The molecule has 2 bridgehead atoms. The highest BCUT2D eigenvalue weighted by Gasteiger charge is 2.70. The normalized spacial score (nSPS) is 45.9. The van der Waals surface area contributed by atoms with Gasteiger partial charge in [0.2, 0.25) is 5.91 Å². The van der Waals surface area contributed by atoms with Gasteiger partial charge in [0.25, 0.3) is 0 Å². The van der Waals surface area contributed by atoms with Gasteiger partial charge in [0.1, 0.15) is 0 Å². The van der Waals surface area contributed by atoms with Crippen molar-refractivity contribution < 1.29 is 9.53 Å². The van der Waals surface area contributed by atoms with Gasteiger partial charge in [-0.1, -0.05) is 29.8 Å². The average molecular weight is 334 g/mol. The number of carbonyl (C=O) groups is 1. The third-order valence-electron chi connectivity index (χ3n) is 8.22. The minimum Gasteiger partial charge on any atom is -0.373 e. The molecule has 5 heterocycles. The molecule has 4 nitrogen and oxygen atoms in total. The lowest BCUT2D eigenvalue weighted by molar-refractivity contribution is -0.132. The van der Waals surface area contributed by atoms with Crippen LogP contribution < -0.4 is 4.90 Å². The zero-order valence-corrected chi connectivity index (χ0v) is 14.2. The van der Waals surface area contributed by atoms with Gasteiger partial charge in [0.15, 0.2) is 0 Å². The van der Waals surface area contributed by atoms with Gasteiger partial charge in [-0.25, -0.2) is 0 Å². The highest BCUT2D eigenvalue weighted by Crippen LogP contribution is 2.65. The van der Waals surface area contributed by atoms with Crippen molar-refractivity contribution in [2.24, 2.45) is 11.8 Å². The first-order chi connectivity index (χ1) is 12.3. The van der Waals surface area contributed by atoms with Crippen LogP contribution in [0.4, 0.5) is 5.69 Å². The van der Waals surface area contributed by atoms with Crippen LogP contribution in [0.1, 0.15) is 24.8 Å². The number of carbonyl (C=O) groups excluding carboxylic acids is 1. The average Bonchev–Trinajstić information content (AvgIpc) is 3.10. The van der Waals surface area contributed by atoms with Crippen molar-refractivity contribution in [3.63, 3.8) is 0 Å². The maximum absolute atomic E-state index is 13.2. The second-order valence-electron chi connectivity index (χ2n) is 8.78. The molecule has 0 N–H and O–H groups in total. The van der Waals surface area contributed by atoms with E-state index in [1.807, 2.05) is 0 Å². The summed E-state index contributed by atoms with van der Waals surface area (Å²) in [6.45, 7) is 2.97. The van der Waals surface area contributed by atoms with Gasteiger partial charge in [-0.15, -0.1) is 0 Å². The van der Waals surface area contributed by atoms with E-state index in [9.17, 15) is 4.79 Å². The Hall–Kier alpha value is -1.65. The summed E-state index contributed by atoms with van der Waals surface area (Å²) in [5.74, 6) is 1.35. The molecule has 1 saturated carbocycles. The Kier molecular flexibility index (Phi) is 2.27. The molecule has 4 heteroatoms. The Labute approximate surface area is 147 Å². The van der Waals surface area contributed by atoms with Crippen LogP contribution in [-0.2, 0) is 14.9 Å². The van der Waals surface area contributed by atoms with Crippen molar-refractivity contribution in [3.8, 4) is 0 Å². The number of piperidine rings is 2. The molecule has 1 amide bonds. The predicted octanol–water partition coefficient (Wildman–Crippen LogP) is 2.09. The summed E-state index contributed by atoms with van der Waals surface area (Å²) in [6.07, 6.45) is 5.43. The van der Waals surface area contributed by atoms with Gasteiger partial charge >= 0.3 is 0 Å². The third kappa shape index (κ3) is 1.33. The van der Waals surface area contributed by atoms with E-state index in [1.165, 1.54) is 30.6 Å². The summed E-state index contributed by atoms with van der Waals surface area (Å²) < 4.78 is 6.25. The standard InChI is InChI=1S/C21H22N2O2/c24-18-10-16-19-13-9-17-21(6-7-22(17)11-12(13)5-8-25-16)14-3-1-2-4-15(14)23(18)20(19)21/h1-5,13,16-17,19-20H,6-11H2/t13-,16+,17-,19-,20-,21+/m0/s1. The first kappa shape index (κ1) is 13.5. The zero-order chi connectivity index (χ0) is 16.3. The van der Waals surface area contributed by atoms with Gasteiger partial charge in [0, 0.05) is 29.6 Å². The van der Waals surface area contributed by atoms with Crippen molar-refractivity contribution in [3.05, 3.63) is 41.5 Å². The van der Waals surface area contributed by atoms with Gasteiger partial charge in [0.05, 0.1) is 25.2 Å². The highest BCUT2D eigenvalue weighted by atomic mass is 16.5. The second-order valence-corrected chi connectivity index (χ2v) is 8.78. The topological polar surface area (TPSA) is 32.8 Å². The van der Waals surface area contributed by atoms with Crippen LogP contribution in [0, 0.1) is 11.8 Å². The lowest BCUT2D eigenvalue weighted by atomic mass is 9.53. The maximum Gasteiger partial charge on any atom is 0.229 e. The van der Waals surface area contributed by atoms with Crippen LogP contribution in [0.2, 0.25) is 0 Å². The summed E-state index contributed by atoms with van der Waals surface area (Å²) in [4.78, 5) is 18.1. The largest absolute Gasteiger partial charge is 0.373 e. The molecule has 4 fully saturated rings. The van der Waals surface area contributed by atoms with E-state index in [1.54, 1.807) is 5.57 Å². The van der Waals surface area contributed by atoms with Crippen molar-refractivity contribution in [1.29, 1.82) is 0 Å². The van der Waals surface area contributed by atoms with Crippen LogP contribution >= 0.6 is 0 Å². The fraction of sp³-hybridized carbons (Fsp3) is 0.571. The Morgan fingerprint density at radius 2 is 2.16 bits per heavy atom. The van der Waals surface area contributed by atoms with Crippen molar-refractivity contribution >= 4 is 11.6 Å². The number of para-hydroxylation sites is 1. The third-order valence-corrected chi connectivity index (χ3v) is 8.22. The molecule has 1 aromatic carbocycles. The maximum atomic E-state index is 13.2. The molecule has 128 valence electrons. The lowest BCUT2D eigenvalue weighted by Gasteiger charge is -2.58. The van der Waals surface area contributed by atoms with Crippen LogP contribution in [0.5, 0.6) is 0 Å². The molecule has 3 saturated heterocycles. The van der Waals surface area contributed by atoms with Crippen molar-refractivity contribution in [1.82, 2.24) is 4.90 Å². The van der Waals surface area contributed by atoms with E-state index in [0.717, 1.165) is 6.54 Å². The van der Waals surface area contributed by atoms with Crippen molar-refractivity contribution in [2.45, 2.75) is 42.9 Å². The van der Waals surface area contributed by atoms with Crippen LogP contribution in [0.3, 0.4) is 0 Å². The molecule has 0 radical (unpaired) electrons. The van der Waals surface area contributed by atoms with E-state index in [2.05, 4.69) is 40.1 Å². The summed E-state index contributed by atoms with van der Waals surface area (Å²) >= 11 is 0. The van der Waals surface area contributed by atoms with E-state index in [4.69, 9.17) is 4.74 Å². The number of hydrogen-bond donors (Lipinski definition) is 0. The van der Waals surface area contributed by atoms with Gasteiger partial charge < -0.3 is 9.64 Å². The molecule has 5 aliphatic heterocycles. The quantitative estimate of drug-likeness (QED) is 0.681. The van der Waals surface area contributed by atoms with E-state index < -0.39 is 0 Å². The number of rotatable bonds is 0. The molecule has 1 aliphatic carbocycles. The Balaban J connectivity index is 1.55. The zero-order valence-electron chi connectivity index (χ0n) is 14.2.